The molecule has 3 atom stereocenters. The highest BCUT2D eigenvalue weighted by molar-refractivity contribution is 6.74. The normalized spacial score (nSPS) is 20.1. The molecular formula is C33H43N3OSi. The van der Waals surface area contributed by atoms with Gasteiger partial charge in [-0.05, 0) is 72.9 Å². The van der Waals surface area contributed by atoms with E-state index in [1.54, 1.807) is 0 Å². The molecule has 0 aromatic heterocycles. The Morgan fingerprint density at radius 3 is 2.21 bits per heavy atom. The molecule has 4 rings (SSSR count). The third-order valence-corrected chi connectivity index (χ3v) is 12.8. The van der Waals surface area contributed by atoms with Gasteiger partial charge in [0.1, 0.15) is 5.75 Å². The maximum Gasteiger partial charge on any atom is 0.250 e. The Bertz CT molecular complexity index is 1240. The van der Waals surface area contributed by atoms with E-state index in [1.165, 1.54) is 16.7 Å². The lowest BCUT2D eigenvalue weighted by Gasteiger charge is -2.48. The number of rotatable bonds is 7. The van der Waals surface area contributed by atoms with Gasteiger partial charge in [0.05, 0.1) is 17.7 Å². The second kappa shape index (κ2) is 11.5. The Balaban J connectivity index is 1.66. The Kier molecular flexibility index (Phi) is 8.47. The predicted octanol–water partition coefficient (Wildman–Crippen LogP) is 7.63. The van der Waals surface area contributed by atoms with Crippen LogP contribution in [-0.2, 0) is 6.54 Å². The summed E-state index contributed by atoms with van der Waals surface area (Å²) in [5.41, 5.74) is 4.50. The smallest absolute Gasteiger partial charge is 0.250 e. The minimum Gasteiger partial charge on any atom is -0.543 e. The van der Waals surface area contributed by atoms with Gasteiger partial charge in [-0.25, -0.2) is 0 Å². The fraction of sp³-hybridized carbons (Fsp3) is 0.424. The fourth-order valence-corrected chi connectivity index (χ4v) is 6.16. The zero-order chi connectivity index (χ0) is 27.5. The Morgan fingerprint density at radius 2 is 1.58 bits per heavy atom. The molecule has 3 aromatic rings. The van der Waals surface area contributed by atoms with Crippen LogP contribution in [0.5, 0.6) is 5.75 Å². The summed E-state index contributed by atoms with van der Waals surface area (Å²) in [6.07, 6.45) is 0. The Hall–Kier alpha value is -2.91. The van der Waals surface area contributed by atoms with Crippen molar-refractivity contribution in [1.82, 2.24) is 9.80 Å². The van der Waals surface area contributed by atoms with Crippen molar-refractivity contribution in [3.05, 3.63) is 101 Å². The van der Waals surface area contributed by atoms with Crippen molar-refractivity contribution in [2.75, 3.05) is 13.1 Å². The van der Waals surface area contributed by atoms with Gasteiger partial charge >= 0.3 is 0 Å². The second-order valence-electron chi connectivity index (χ2n) is 12.4. The minimum absolute atomic E-state index is 0.0852. The molecule has 38 heavy (non-hydrogen) atoms. The zero-order valence-electron chi connectivity index (χ0n) is 24.1. The number of nitrogens with zero attached hydrogens (tertiary/aromatic N) is 3. The van der Waals surface area contributed by atoms with E-state index in [2.05, 4.69) is 130 Å². The number of benzene rings is 3. The maximum atomic E-state index is 9.39. The van der Waals surface area contributed by atoms with Crippen molar-refractivity contribution in [2.24, 2.45) is 0 Å². The van der Waals surface area contributed by atoms with Crippen LogP contribution in [0.15, 0.2) is 78.9 Å². The molecule has 1 aliphatic rings. The van der Waals surface area contributed by atoms with Crippen LogP contribution in [0.4, 0.5) is 0 Å². The van der Waals surface area contributed by atoms with Crippen molar-refractivity contribution in [2.45, 2.75) is 77.4 Å². The van der Waals surface area contributed by atoms with E-state index in [0.29, 0.717) is 17.6 Å². The summed E-state index contributed by atoms with van der Waals surface area (Å²) in [6.45, 7) is 19.1. The van der Waals surface area contributed by atoms with Crippen LogP contribution in [0.25, 0.3) is 0 Å². The molecule has 0 unspecified atom stereocenters. The Labute approximate surface area is 231 Å². The van der Waals surface area contributed by atoms with Gasteiger partial charge in [0.15, 0.2) is 0 Å². The monoisotopic (exact) mass is 525 g/mol. The van der Waals surface area contributed by atoms with Crippen LogP contribution in [0.3, 0.4) is 0 Å². The van der Waals surface area contributed by atoms with Crippen molar-refractivity contribution in [3.8, 4) is 11.8 Å². The van der Waals surface area contributed by atoms with Gasteiger partial charge in [0.2, 0.25) is 8.32 Å². The van der Waals surface area contributed by atoms with E-state index in [1.807, 2.05) is 12.1 Å². The van der Waals surface area contributed by atoms with Gasteiger partial charge in [0.25, 0.3) is 0 Å². The molecule has 4 nitrogen and oxygen atoms in total. The van der Waals surface area contributed by atoms with Crippen LogP contribution >= 0.6 is 0 Å². The third-order valence-electron chi connectivity index (χ3n) is 8.43. The summed E-state index contributed by atoms with van der Waals surface area (Å²) in [5.74, 6) is 0.955. The quantitative estimate of drug-likeness (QED) is 0.297. The van der Waals surface area contributed by atoms with Crippen molar-refractivity contribution in [3.63, 3.8) is 0 Å². The summed E-state index contributed by atoms with van der Waals surface area (Å²) < 4.78 is 6.72. The number of piperazine rings is 1. The van der Waals surface area contributed by atoms with Gasteiger partial charge in [0, 0.05) is 31.7 Å². The van der Waals surface area contributed by atoms with Gasteiger partial charge in [-0.15, -0.1) is 0 Å². The minimum atomic E-state index is -1.96. The van der Waals surface area contributed by atoms with Crippen LogP contribution in [0, 0.1) is 11.3 Å². The summed E-state index contributed by atoms with van der Waals surface area (Å²) in [5, 5.41) is 9.52. The standard InChI is InChI=1S/C33H43N3OSi/c1-25-23-36(26(2)22-35(25)24-28-12-9-8-10-13-28)32(29-18-16-27(21-34)17-19-29)30-14-11-15-31(20-30)37-38(6,7)33(3,4)5/h8-20,25-26,32H,22-24H2,1-7H3/t25-,26+,32+/m1/s1. The van der Waals surface area contributed by atoms with Crippen molar-refractivity contribution >= 4 is 8.32 Å². The molecule has 0 saturated carbocycles. The molecule has 0 radical (unpaired) electrons. The number of hydrogen-bond donors (Lipinski definition) is 0. The van der Waals surface area contributed by atoms with Gasteiger partial charge in [-0.3, -0.25) is 9.80 Å². The molecule has 1 heterocycles. The van der Waals surface area contributed by atoms with E-state index in [0.717, 1.165) is 25.4 Å². The molecule has 0 amide bonds. The first-order valence-corrected chi connectivity index (χ1v) is 16.7. The van der Waals surface area contributed by atoms with Gasteiger partial charge in [-0.2, -0.15) is 5.26 Å². The second-order valence-corrected chi connectivity index (χ2v) is 17.1. The highest BCUT2D eigenvalue weighted by Gasteiger charge is 2.39. The van der Waals surface area contributed by atoms with Crippen molar-refractivity contribution in [1.29, 1.82) is 5.26 Å². The van der Waals surface area contributed by atoms with E-state index < -0.39 is 8.32 Å². The zero-order valence-corrected chi connectivity index (χ0v) is 25.1. The average molecular weight is 526 g/mol. The fourth-order valence-electron chi connectivity index (χ4n) is 5.13. The maximum absolute atomic E-state index is 9.39. The van der Waals surface area contributed by atoms with Crippen LogP contribution in [-0.4, -0.2) is 43.3 Å². The molecule has 0 aliphatic carbocycles. The average Bonchev–Trinajstić information content (AvgIpc) is 2.87. The molecule has 1 saturated heterocycles. The van der Waals surface area contributed by atoms with Gasteiger partial charge < -0.3 is 4.43 Å². The number of nitriles is 1. The molecule has 5 heteroatoms. The lowest BCUT2D eigenvalue weighted by atomic mass is 9.93. The van der Waals surface area contributed by atoms with Crippen LogP contribution < -0.4 is 4.43 Å². The molecule has 1 aliphatic heterocycles. The van der Waals surface area contributed by atoms with E-state index in [4.69, 9.17) is 4.43 Å². The summed E-state index contributed by atoms with van der Waals surface area (Å²) in [7, 11) is -1.96. The molecule has 0 bridgehead atoms. The summed E-state index contributed by atoms with van der Waals surface area (Å²) in [4.78, 5) is 5.24. The van der Waals surface area contributed by atoms with Crippen LogP contribution in [0.1, 0.15) is 62.9 Å². The molecule has 1 fully saturated rings. The highest BCUT2D eigenvalue weighted by atomic mass is 28.4. The third kappa shape index (κ3) is 6.38. The molecule has 0 N–H and O–H groups in total. The molecule has 0 spiro atoms. The first kappa shape index (κ1) is 28.1. The Morgan fingerprint density at radius 1 is 0.895 bits per heavy atom. The molecule has 3 aromatic carbocycles. The van der Waals surface area contributed by atoms with Crippen LogP contribution in [0.2, 0.25) is 18.1 Å². The first-order valence-electron chi connectivity index (χ1n) is 13.8. The number of hydrogen-bond acceptors (Lipinski definition) is 4. The summed E-state index contributed by atoms with van der Waals surface area (Å²) >= 11 is 0. The van der Waals surface area contributed by atoms with E-state index >= 15 is 0 Å². The SMILES string of the molecule is C[C@@H]1CN([C@@H](c2ccc(C#N)cc2)c2cccc(O[Si](C)(C)C(C)(C)C)c2)[C@@H](C)CN1Cc1ccccc1. The van der Waals surface area contributed by atoms with Gasteiger partial charge in [-0.1, -0.05) is 75.4 Å². The largest absolute Gasteiger partial charge is 0.543 e. The molecule has 200 valence electrons. The molecular weight excluding hydrogens is 482 g/mol. The lowest BCUT2D eigenvalue weighted by molar-refractivity contribution is 0.0195. The van der Waals surface area contributed by atoms with E-state index in [-0.39, 0.29) is 11.1 Å². The highest BCUT2D eigenvalue weighted by Crippen LogP contribution is 2.39. The van der Waals surface area contributed by atoms with E-state index in [9.17, 15) is 5.26 Å². The van der Waals surface area contributed by atoms with Crippen molar-refractivity contribution < 1.29 is 4.43 Å². The topological polar surface area (TPSA) is 39.5 Å². The predicted molar refractivity (Wildman–Crippen MR) is 160 cm³/mol. The lowest BCUT2D eigenvalue weighted by Crippen LogP contribution is -2.56. The summed E-state index contributed by atoms with van der Waals surface area (Å²) in [6, 6.07) is 30.7. The first-order chi connectivity index (χ1) is 18.0.